The van der Waals surface area contributed by atoms with Crippen molar-refractivity contribution < 1.29 is 19.1 Å². The van der Waals surface area contributed by atoms with Gasteiger partial charge in [0, 0.05) is 17.0 Å². The zero-order valence-electron chi connectivity index (χ0n) is 19.5. The molecule has 7 nitrogen and oxygen atoms in total. The van der Waals surface area contributed by atoms with Crippen LogP contribution in [0.2, 0.25) is 0 Å². The first-order valence-electron chi connectivity index (χ1n) is 11.4. The Morgan fingerprint density at radius 2 is 1.91 bits per heavy atom. The van der Waals surface area contributed by atoms with E-state index in [2.05, 4.69) is 5.32 Å². The monoisotopic (exact) mass is 507 g/mol. The van der Waals surface area contributed by atoms with Gasteiger partial charge in [0.1, 0.15) is 15.8 Å². The number of hydrogen-bond donors (Lipinski definition) is 1. The fourth-order valence-corrected chi connectivity index (χ4v) is 6.48. The van der Waals surface area contributed by atoms with Gasteiger partial charge in [-0.1, -0.05) is 30.3 Å². The highest BCUT2D eigenvalue weighted by molar-refractivity contribution is 7.22. The maximum absolute atomic E-state index is 12.9. The van der Waals surface area contributed by atoms with E-state index >= 15 is 0 Å². The third kappa shape index (κ3) is 4.87. The normalized spacial score (nSPS) is 12.9. The number of benzene rings is 2. The molecule has 0 unspecified atom stereocenters. The van der Waals surface area contributed by atoms with E-state index < -0.39 is 0 Å². The Bertz CT molecular complexity index is 1360. The number of thiazole rings is 1. The summed E-state index contributed by atoms with van der Waals surface area (Å²) in [6.45, 7) is 5.00. The second-order valence-corrected chi connectivity index (χ2v) is 10.3. The van der Waals surface area contributed by atoms with E-state index in [4.69, 9.17) is 14.5 Å². The lowest BCUT2D eigenvalue weighted by atomic mass is 10.0. The van der Waals surface area contributed by atoms with Crippen LogP contribution in [0, 0.1) is 6.92 Å². The van der Waals surface area contributed by atoms with Crippen molar-refractivity contribution in [2.45, 2.75) is 26.8 Å². The number of amides is 2. The molecule has 1 aliphatic rings. The number of ether oxygens (including phenoxy) is 2. The number of nitrogens with zero attached hydrogens (tertiary/aromatic N) is 2. The molecule has 2 amide bonds. The summed E-state index contributed by atoms with van der Waals surface area (Å²) in [6, 6.07) is 15.6. The third-order valence-electron chi connectivity index (χ3n) is 5.80. The number of aromatic nitrogens is 1. The van der Waals surface area contributed by atoms with Gasteiger partial charge in [0.2, 0.25) is 0 Å². The highest BCUT2D eigenvalue weighted by Gasteiger charge is 2.30. The van der Waals surface area contributed by atoms with Crippen LogP contribution in [0.4, 0.5) is 9.80 Å². The van der Waals surface area contributed by atoms with Crippen LogP contribution in [-0.4, -0.2) is 41.6 Å². The Balaban J connectivity index is 1.44. The van der Waals surface area contributed by atoms with E-state index in [1.165, 1.54) is 11.3 Å². The summed E-state index contributed by atoms with van der Waals surface area (Å²) in [5.41, 5.74) is 3.97. The molecule has 0 aliphatic carbocycles. The Morgan fingerprint density at radius 1 is 1.11 bits per heavy atom. The van der Waals surface area contributed by atoms with Gasteiger partial charge >= 0.3 is 6.09 Å². The van der Waals surface area contributed by atoms with Gasteiger partial charge in [0.15, 0.2) is 6.61 Å². The average Bonchev–Trinajstić information content (AvgIpc) is 3.43. The van der Waals surface area contributed by atoms with Crippen LogP contribution in [0.15, 0.2) is 48.5 Å². The molecule has 2 aromatic carbocycles. The maximum atomic E-state index is 12.9. The molecule has 9 heteroatoms. The second-order valence-electron chi connectivity index (χ2n) is 8.17. The standard InChI is InChI=1S/C26H25N3O4S2/c1-3-32-26(31)29-13-12-17-21(14-29)35-25(23(17)24-27-18-9-5-7-11-20(18)34-24)28-22(30)15-33-19-10-6-4-8-16(19)2/h4-11H,3,12-15H2,1-2H3,(H,28,30). The van der Waals surface area contributed by atoms with E-state index in [-0.39, 0.29) is 18.6 Å². The molecule has 1 aliphatic heterocycles. The van der Waals surface area contributed by atoms with Crippen LogP contribution in [0.3, 0.4) is 0 Å². The number of aryl methyl sites for hydroxylation is 1. The predicted octanol–water partition coefficient (Wildman–Crippen LogP) is 5.87. The fraction of sp³-hybridized carbons (Fsp3) is 0.269. The van der Waals surface area contributed by atoms with Crippen molar-refractivity contribution >= 4 is 49.9 Å². The Kier molecular flexibility index (Phi) is 6.70. The number of rotatable bonds is 6. The van der Waals surface area contributed by atoms with Gasteiger partial charge in [-0.15, -0.1) is 22.7 Å². The molecule has 3 heterocycles. The van der Waals surface area contributed by atoms with E-state index in [0.717, 1.165) is 41.8 Å². The molecular formula is C26H25N3O4S2. The summed E-state index contributed by atoms with van der Waals surface area (Å²) < 4.78 is 12.0. The van der Waals surface area contributed by atoms with Crippen molar-refractivity contribution in [3.05, 3.63) is 64.5 Å². The largest absolute Gasteiger partial charge is 0.483 e. The second kappa shape index (κ2) is 10.1. The molecule has 1 N–H and O–H groups in total. The molecule has 0 spiro atoms. The molecule has 0 saturated heterocycles. The van der Waals surface area contributed by atoms with Gasteiger partial charge < -0.3 is 19.7 Å². The third-order valence-corrected chi connectivity index (χ3v) is 7.98. The lowest BCUT2D eigenvalue weighted by Crippen LogP contribution is -2.35. The van der Waals surface area contributed by atoms with Gasteiger partial charge in [0.25, 0.3) is 5.91 Å². The minimum Gasteiger partial charge on any atom is -0.483 e. The van der Waals surface area contributed by atoms with Gasteiger partial charge in [-0.05, 0) is 49.6 Å². The number of para-hydroxylation sites is 2. The van der Waals surface area contributed by atoms with Crippen LogP contribution in [0.1, 0.15) is 22.9 Å². The van der Waals surface area contributed by atoms with E-state index in [9.17, 15) is 9.59 Å². The van der Waals surface area contributed by atoms with E-state index in [0.29, 0.717) is 31.9 Å². The number of carbonyl (C=O) groups is 2. The minimum atomic E-state index is -0.315. The Morgan fingerprint density at radius 3 is 2.71 bits per heavy atom. The van der Waals surface area contributed by atoms with Crippen molar-refractivity contribution in [3.8, 4) is 16.3 Å². The van der Waals surface area contributed by atoms with E-state index in [1.807, 2.05) is 55.5 Å². The molecule has 0 atom stereocenters. The number of thiophene rings is 1. The van der Waals surface area contributed by atoms with Crippen molar-refractivity contribution in [1.29, 1.82) is 0 Å². The highest BCUT2D eigenvalue weighted by Crippen LogP contribution is 2.45. The van der Waals surface area contributed by atoms with Gasteiger partial charge in [-0.3, -0.25) is 4.79 Å². The lowest BCUT2D eigenvalue weighted by Gasteiger charge is -2.26. The van der Waals surface area contributed by atoms with E-state index in [1.54, 1.807) is 23.2 Å². The summed E-state index contributed by atoms with van der Waals surface area (Å²) in [6.07, 6.45) is 0.358. The van der Waals surface area contributed by atoms with Crippen molar-refractivity contribution in [1.82, 2.24) is 9.88 Å². The molecule has 0 fully saturated rings. The molecule has 180 valence electrons. The molecule has 4 aromatic rings. The number of nitrogens with one attached hydrogen (secondary N) is 1. The van der Waals surface area contributed by atoms with Gasteiger partial charge in [-0.2, -0.15) is 0 Å². The summed E-state index contributed by atoms with van der Waals surface area (Å²) in [7, 11) is 0. The first-order valence-corrected chi connectivity index (χ1v) is 13.1. The van der Waals surface area contributed by atoms with Crippen LogP contribution in [-0.2, 0) is 22.5 Å². The van der Waals surface area contributed by atoms with Crippen LogP contribution in [0.5, 0.6) is 5.75 Å². The number of hydrogen-bond acceptors (Lipinski definition) is 7. The molecular weight excluding hydrogens is 482 g/mol. The Hall–Kier alpha value is -3.43. The van der Waals surface area contributed by atoms with Gasteiger partial charge in [0.05, 0.1) is 23.4 Å². The number of fused-ring (bicyclic) bond motifs is 2. The molecule has 2 aromatic heterocycles. The smallest absolute Gasteiger partial charge is 0.410 e. The number of carbonyl (C=O) groups excluding carboxylic acids is 2. The first-order chi connectivity index (χ1) is 17.0. The van der Waals surface area contributed by atoms with Crippen LogP contribution in [0.25, 0.3) is 20.8 Å². The zero-order chi connectivity index (χ0) is 24.4. The van der Waals surface area contributed by atoms with Crippen LogP contribution >= 0.6 is 22.7 Å². The quantitative estimate of drug-likeness (QED) is 0.353. The minimum absolute atomic E-state index is 0.0956. The van der Waals surface area contributed by atoms with Crippen molar-refractivity contribution in [3.63, 3.8) is 0 Å². The molecule has 0 bridgehead atoms. The van der Waals surface area contributed by atoms with Gasteiger partial charge in [-0.25, -0.2) is 9.78 Å². The molecule has 0 radical (unpaired) electrons. The van der Waals surface area contributed by atoms with Crippen molar-refractivity contribution in [2.75, 3.05) is 25.1 Å². The summed E-state index contributed by atoms with van der Waals surface area (Å²) >= 11 is 3.09. The average molecular weight is 508 g/mol. The van der Waals surface area contributed by atoms with Crippen molar-refractivity contribution in [2.24, 2.45) is 0 Å². The maximum Gasteiger partial charge on any atom is 0.410 e. The number of anilines is 1. The van der Waals surface area contributed by atoms with Crippen LogP contribution < -0.4 is 10.1 Å². The lowest BCUT2D eigenvalue weighted by molar-refractivity contribution is -0.118. The highest BCUT2D eigenvalue weighted by atomic mass is 32.1. The Labute approximate surface area is 211 Å². The summed E-state index contributed by atoms with van der Waals surface area (Å²) in [5, 5.41) is 4.65. The summed E-state index contributed by atoms with van der Waals surface area (Å²) in [4.78, 5) is 32.8. The molecule has 35 heavy (non-hydrogen) atoms. The molecule has 5 rings (SSSR count). The topological polar surface area (TPSA) is 80.8 Å². The predicted molar refractivity (Wildman–Crippen MR) is 139 cm³/mol. The first kappa shape index (κ1) is 23.3. The fourth-order valence-electron chi connectivity index (χ4n) is 4.09. The SMILES string of the molecule is CCOC(=O)N1CCc2c(sc(NC(=O)COc3ccccc3C)c2-c2nc3ccccc3s2)C1. The molecule has 0 saturated carbocycles. The zero-order valence-corrected chi connectivity index (χ0v) is 21.1. The summed E-state index contributed by atoms with van der Waals surface area (Å²) in [5.74, 6) is 0.445.